The Morgan fingerprint density at radius 3 is 2.53 bits per heavy atom. The Labute approximate surface area is 103 Å². The first-order valence-corrected chi connectivity index (χ1v) is 6.06. The summed E-state index contributed by atoms with van der Waals surface area (Å²) in [4.78, 5) is 11.9. The van der Waals surface area contributed by atoms with Crippen LogP contribution in [0.4, 0.5) is 0 Å². The topological polar surface area (TPSA) is 38.3 Å². The molecule has 2 atom stereocenters. The fraction of sp³-hybridized carbons (Fsp3) is 0.500. The van der Waals surface area contributed by atoms with E-state index in [1.165, 1.54) is 0 Å². The van der Waals surface area contributed by atoms with Gasteiger partial charge in [0.25, 0.3) is 0 Å². The monoisotopic (exact) mass is 235 g/mol. The van der Waals surface area contributed by atoms with Gasteiger partial charge >= 0.3 is 5.97 Å². The second-order valence-electron chi connectivity index (χ2n) is 4.25. The van der Waals surface area contributed by atoms with Gasteiger partial charge in [-0.15, -0.1) is 0 Å². The lowest BCUT2D eigenvalue weighted by Gasteiger charge is -2.20. The van der Waals surface area contributed by atoms with Crippen LogP contribution in [-0.4, -0.2) is 19.1 Å². The molecule has 3 nitrogen and oxygen atoms in total. The number of ether oxygens (including phenoxy) is 1. The summed E-state index contributed by atoms with van der Waals surface area (Å²) in [5, 5.41) is 3.01. The maximum Gasteiger partial charge on any atom is 0.323 e. The maximum atomic E-state index is 11.9. The van der Waals surface area contributed by atoms with E-state index in [4.69, 9.17) is 4.74 Å². The van der Waals surface area contributed by atoms with Crippen LogP contribution in [0.1, 0.15) is 25.8 Å². The molecule has 0 aliphatic rings. The number of hydrogen-bond donors (Lipinski definition) is 1. The maximum absolute atomic E-state index is 11.9. The predicted octanol–water partition coefficient (Wildman–Crippen LogP) is 2.36. The summed E-state index contributed by atoms with van der Waals surface area (Å²) in [6.07, 6.45) is 0.950. The molecule has 0 aliphatic carbocycles. The number of benzene rings is 1. The van der Waals surface area contributed by atoms with Crippen molar-refractivity contribution in [2.24, 2.45) is 5.92 Å². The van der Waals surface area contributed by atoms with E-state index in [2.05, 4.69) is 12.2 Å². The number of esters is 1. The molecule has 0 spiro atoms. The van der Waals surface area contributed by atoms with Crippen molar-refractivity contribution in [3.8, 4) is 0 Å². The van der Waals surface area contributed by atoms with Crippen molar-refractivity contribution < 1.29 is 9.53 Å². The number of carbonyl (C=O) groups is 1. The van der Waals surface area contributed by atoms with Crippen LogP contribution in [0.2, 0.25) is 0 Å². The third-order valence-corrected chi connectivity index (χ3v) is 3.00. The van der Waals surface area contributed by atoms with E-state index >= 15 is 0 Å². The van der Waals surface area contributed by atoms with E-state index < -0.39 is 0 Å². The van der Waals surface area contributed by atoms with Gasteiger partial charge < -0.3 is 10.1 Å². The lowest BCUT2D eigenvalue weighted by Crippen LogP contribution is -2.40. The van der Waals surface area contributed by atoms with Crippen LogP contribution in [0.25, 0.3) is 0 Å². The first kappa shape index (κ1) is 13.7. The standard InChI is InChI=1S/C14H21NO2/c1-4-11(2)13(15-3)14(16)17-10-12-8-6-5-7-9-12/h5-9,11,13,15H,4,10H2,1-3H3/t11?,13-/m0/s1. The Bertz CT molecular complexity index is 337. The molecule has 0 aromatic heterocycles. The first-order chi connectivity index (χ1) is 8.19. The highest BCUT2D eigenvalue weighted by Gasteiger charge is 2.23. The second-order valence-corrected chi connectivity index (χ2v) is 4.25. The number of hydrogen-bond acceptors (Lipinski definition) is 3. The minimum Gasteiger partial charge on any atom is -0.460 e. The predicted molar refractivity (Wildman–Crippen MR) is 68.5 cm³/mol. The number of likely N-dealkylation sites (N-methyl/N-ethyl adjacent to an activating group) is 1. The summed E-state index contributed by atoms with van der Waals surface area (Å²) >= 11 is 0. The van der Waals surface area contributed by atoms with Gasteiger partial charge in [-0.05, 0) is 18.5 Å². The van der Waals surface area contributed by atoms with E-state index in [0.29, 0.717) is 6.61 Å². The molecule has 3 heteroatoms. The fourth-order valence-electron chi connectivity index (χ4n) is 1.69. The highest BCUT2D eigenvalue weighted by Crippen LogP contribution is 2.10. The first-order valence-electron chi connectivity index (χ1n) is 6.06. The molecule has 1 rings (SSSR count). The van der Waals surface area contributed by atoms with Crippen LogP contribution in [0.15, 0.2) is 30.3 Å². The van der Waals surface area contributed by atoms with Crippen molar-refractivity contribution in [2.45, 2.75) is 32.9 Å². The van der Waals surface area contributed by atoms with Gasteiger partial charge in [0.05, 0.1) is 0 Å². The summed E-state index contributed by atoms with van der Waals surface area (Å²) in [5.74, 6) is 0.106. The molecular weight excluding hydrogens is 214 g/mol. The van der Waals surface area contributed by atoms with Crippen molar-refractivity contribution in [3.05, 3.63) is 35.9 Å². The van der Waals surface area contributed by atoms with Gasteiger partial charge in [0.2, 0.25) is 0 Å². The fourth-order valence-corrected chi connectivity index (χ4v) is 1.69. The smallest absolute Gasteiger partial charge is 0.323 e. The minimum atomic E-state index is -0.219. The quantitative estimate of drug-likeness (QED) is 0.769. The highest BCUT2D eigenvalue weighted by molar-refractivity contribution is 5.76. The van der Waals surface area contributed by atoms with Crippen LogP contribution >= 0.6 is 0 Å². The van der Waals surface area contributed by atoms with Gasteiger partial charge in [-0.1, -0.05) is 50.6 Å². The molecule has 1 aromatic rings. The Hall–Kier alpha value is -1.35. The van der Waals surface area contributed by atoms with Crippen LogP contribution < -0.4 is 5.32 Å². The van der Waals surface area contributed by atoms with Gasteiger partial charge in [-0.2, -0.15) is 0 Å². The van der Waals surface area contributed by atoms with Gasteiger partial charge in [0.1, 0.15) is 12.6 Å². The Balaban J connectivity index is 2.48. The van der Waals surface area contributed by atoms with Gasteiger partial charge in [0, 0.05) is 0 Å². The van der Waals surface area contributed by atoms with Crippen molar-refractivity contribution in [1.82, 2.24) is 5.32 Å². The molecule has 1 unspecified atom stereocenters. The molecule has 0 heterocycles. The molecule has 17 heavy (non-hydrogen) atoms. The zero-order valence-corrected chi connectivity index (χ0v) is 10.8. The largest absolute Gasteiger partial charge is 0.460 e. The average Bonchev–Trinajstić information content (AvgIpc) is 2.38. The lowest BCUT2D eigenvalue weighted by atomic mass is 10.00. The molecule has 0 radical (unpaired) electrons. The average molecular weight is 235 g/mol. The summed E-state index contributed by atoms with van der Waals surface area (Å²) in [6, 6.07) is 9.50. The molecule has 0 fully saturated rings. The van der Waals surface area contributed by atoms with Crippen LogP contribution in [0, 0.1) is 5.92 Å². The van der Waals surface area contributed by atoms with Crippen LogP contribution in [0.5, 0.6) is 0 Å². The third kappa shape index (κ3) is 4.19. The zero-order valence-electron chi connectivity index (χ0n) is 10.8. The summed E-state index contributed by atoms with van der Waals surface area (Å²) in [7, 11) is 1.79. The number of rotatable bonds is 6. The second kappa shape index (κ2) is 7.07. The summed E-state index contributed by atoms with van der Waals surface area (Å²) in [5.41, 5.74) is 1.01. The van der Waals surface area contributed by atoms with Gasteiger partial charge in [0.15, 0.2) is 0 Å². The molecule has 1 N–H and O–H groups in total. The van der Waals surface area contributed by atoms with Gasteiger partial charge in [-0.25, -0.2) is 0 Å². The summed E-state index contributed by atoms with van der Waals surface area (Å²) in [6.45, 7) is 4.46. The molecule has 1 aromatic carbocycles. The Morgan fingerprint density at radius 1 is 1.35 bits per heavy atom. The van der Waals surface area contributed by atoms with Crippen molar-refractivity contribution in [2.75, 3.05) is 7.05 Å². The van der Waals surface area contributed by atoms with Crippen LogP contribution in [0.3, 0.4) is 0 Å². The Morgan fingerprint density at radius 2 is 2.00 bits per heavy atom. The van der Waals surface area contributed by atoms with Crippen molar-refractivity contribution in [3.63, 3.8) is 0 Å². The SMILES string of the molecule is CCC(C)[C@H](NC)C(=O)OCc1ccccc1. The van der Waals surface area contributed by atoms with E-state index in [-0.39, 0.29) is 17.9 Å². The molecule has 0 bridgehead atoms. The molecule has 0 amide bonds. The zero-order chi connectivity index (χ0) is 12.7. The van der Waals surface area contributed by atoms with E-state index in [1.54, 1.807) is 7.05 Å². The van der Waals surface area contributed by atoms with Gasteiger partial charge in [-0.3, -0.25) is 4.79 Å². The van der Waals surface area contributed by atoms with E-state index in [0.717, 1.165) is 12.0 Å². The number of nitrogens with one attached hydrogen (secondary N) is 1. The van der Waals surface area contributed by atoms with Crippen molar-refractivity contribution in [1.29, 1.82) is 0 Å². The van der Waals surface area contributed by atoms with Crippen molar-refractivity contribution >= 4 is 5.97 Å². The molecular formula is C14H21NO2. The van der Waals surface area contributed by atoms with E-state index in [1.807, 2.05) is 37.3 Å². The van der Waals surface area contributed by atoms with Crippen LogP contribution in [-0.2, 0) is 16.1 Å². The molecule has 0 saturated heterocycles. The summed E-state index contributed by atoms with van der Waals surface area (Å²) < 4.78 is 5.30. The molecule has 0 saturated carbocycles. The normalized spacial score (nSPS) is 14.1. The van der Waals surface area contributed by atoms with E-state index in [9.17, 15) is 4.79 Å². The molecule has 94 valence electrons. The number of carbonyl (C=O) groups excluding carboxylic acids is 1. The highest BCUT2D eigenvalue weighted by atomic mass is 16.5. The lowest BCUT2D eigenvalue weighted by molar-refractivity contribution is -0.148. The Kier molecular flexibility index (Phi) is 5.70. The third-order valence-electron chi connectivity index (χ3n) is 3.00. The minimum absolute atomic E-state index is 0.175. The molecule has 0 aliphatic heterocycles.